The minimum Gasteiger partial charge on any atom is -0.208 e. The zero-order valence-corrected chi connectivity index (χ0v) is 14.2. The lowest BCUT2D eigenvalue weighted by atomic mass is 9.85. The first-order chi connectivity index (χ1) is 9.53. The van der Waals surface area contributed by atoms with Crippen LogP contribution in [0.3, 0.4) is 0 Å². The number of sulfonamides is 1. The zero-order valence-electron chi connectivity index (χ0n) is 11.8. The van der Waals surface area contributed by atoms with Gasteiger partial charge in [0.25, 0.3) is 0 Å². The molecule has 0 heterocycles. The van der Waals surface area contributed by atoms with Gasteiger partial charge in [0.1, 0.15) is 0 Å². The molecule has 112 valence electrons. The lowest BCUT2D eigenvalue weighted by Crippen LogP contribution is -2.38. The van der Waals surface area contributed by atoms with E-state index in [9.17, 15) is 8.42 Å². The Balaban J connectivity index is 2.05. The van der Waals surface area contributed by atoms with E-state index in [0.717, 1.165) is 23.7 Å². The monoisotopic (exact) mass is 359 g/mol. The van der Waals surface area contributed by atoms with Crippen LogP contribution in [-0.4, -0.2) is 14.5 Å². The first kappa shape index (κ1) is 16.0. The topological polar surface area (TPSA) is 46.2 Å². The van der Waals surface area contributed by atoms with Crippen LogP contribution in [0.1, 0.15) is 44.6 Å². The van der Waals surface area contributed by atoms with Gasteiger partial charge in [-0.25, -0.2) is 13.1 Å². The molecule has 1 N–H and O–H groups in total. The summed E-state index contributed by atoms with van der Waals surface area (Å²) in [4.78, 5) is 0.352. The number of hydrogen-bond acceptors (Lipinski definition) is 2. The Morgan fingerprint density at radius 3 is 2.35 bits per heavy atom. The molecule has 5 heteroatoms. The lowest BCUT2D eigenvalue weighted by molar-refractivity contribution is 0.303. The Morgan fingerprint density at radius 1 is 1.20 bits per heavy atom. The van der Waals surface area contributed by atoms with E-state index < -0.39 is 10.0 Å². The highest BCUT2D eigenvalue weighted by atomic mass is 79.9. The number of nitrogens with one attached hydrogen (secondary N) is 1. The number of benzene rings is 1. The fraction of sp³-hybridized carbons (Fsp3) is 0.600. The van der Waals surface area contributed by atoms with Gasteiger partial charge in [-0.3, -0.25) is 0 Å². The van der Waals surface area contributed by atoms with Crippen LogP contribution in [0, 0.1) is 5.92 Å². The van der Waals surface area contributed by atoms with E-state index in [-0.39, 0.29) is 6.04 Å². The van der Waals surface area contributed by atoms with Crippen LogP contribution >= 0.6 is 15.9 Å². The molecule has 0 saturated heterocycles. The minimum atomic E-state index is -3.40. The lowest BCUT2D eigenvalue weighted by Gasteiger charge is -2.28. The minimum absolute atomic E-state index is 0.0103. The molecule has 1 aliphatic carbocycles. The van der Waals surface area contributed by atoms with Crippen molar-refractivity contribution in [3.63, 3.8) is 0 Å². The van der Waals surface area contributed by atoms with Crippen molar-refractivity contribution in [2.75, 3.05) is 0 Å². The standard InChI is InChI=1S/C15H22BrNO2S/c1-12(14-5-3-2-4-6-14)17-20(18,19)15-9-7-13(11-16)8-10-15/h7-10,12,14,17H,2-6,11H2,1H3/t12-/m0/s1. The van der Waals surface area contributed by atoms with Crippen LogP contribution < -0.4 is 4.72 Å². The molecule has 0 unspecified atom stereocenters. The van der Waals surface area contributed by atoms with Crippen molar-refractivity contribution in [2.45, 2.75) is 55.3 Å². The van der Waals surface area contributed by atoms with Crippen LogP contribution in [-0.2, 0) is 15.4 Å². The molecule has 1 aromatic carbocycles. The van der Waals surface area contributed by atoms with Crippen molar-refractivity contribution in [2.24, 2.45) is 5.92 Å². The molecule has 1 fully saturated rings. The third-order valence-corrected chi connectivity index (χ3v) is 6.31. The molecule has 1 atom stereocenters. The van der Waals surface area contributed by atoms with Gasteiger partial charge in [0, 0.05) is 11.4 Å². The molecular weight excluding hydrogens is 338 g/mol. The maximum absolute atomic E-state index is 12.4. The van der Waals surface area contributed by atoms with Crippen molar-refractivity contribution in [1.82, 2.24) is 4.72 Å². The molecule has 0 bridgehead atoms. The van der Waals surface area contributed by atoms with Crippen molar-refractivity contribution < 1.29 is 8.42 Å². The van der Waals surface area contributed by atoms with Crippen LogP contribution in [0.5, 0.6) is 0 Å². The number of halogens is 1. The van der Waals surface area contributed by atoms with E-state index >= 15 is 0 Å². The maximum Gasteiger partial charge on any atom is 0.240 e. The smallest absolute Gasteiger partial charge is 0.208 e. The van der Waals surface area contributed by atoms with Crippen LogP contribution in [0.2, 0.25) is 0 Å². The van der Waals surface area contributed by atoms with E-state index in [1.54, 1.807) is 12.1 Å². The predicted octanol–water partition coefficient (Wildman–Crippen LogP) is 3.83. The van der Waals surface area contributed by atoms with Crippen LogP contribution in [0.4, 0.5) is 0 Å². The molecule has 2 rings (SSSR count). The molecule has 1 saturated carbocycles. The van der Waals surface area contributed by atoms with Gasteiger partial charge in [0.2, 0.25) is 10.0 Å². The van der Waals surface area contributed by atoms with Gasteiger partial charge in [-0.15, -0.1) is 0 Å². The largest absolute Gasteiger partial charge is 0.240 e. The summed E-state index contributed by atoms with van der Waals surface area (Å²) in [5, 5.41) is 0.735. The van der Waals surface area contributed by atoms with Gasteiger partial charge in [0.15, 0.2) is 0 Å². The fourth-order valence-electron chi connectivity index (χ4n) is 2.80. The summed E-state index contributed by atoms with van der Waals surface area (Å²) in [5.41, 5.74) is 1.07. The molecule has 1 aliphatic rings. The van der Waals surface area contributed by atoms with Crippen LogP contribution in [0.15, 0.2) is 29.2 Å². The second kappa shape index (κ2) is 7.05. The Bertz CT molecular complexity index is 521. The molecule has 0 amide bonds. The molecule has 0 radical (unpaired) electrons. The molecule has 20 heavy (non-hydrogen) atoms. The Labute approximate surface area is 130 Å². The summed E-state index contributed by atoms with van der Waals surface area (Å²) in [6.45, 7) is 1.99. The number of rotatable bonds is 5. The second-order valence-electron chi connectivity index (χ2n) is 5.59. The highest BCUT2D eigenvalue weighted by Gasteiger charge is 2.24. The predicted molar refractivity (Wildman–Crippen MR) is 85.4 cm³/mol. The molecule has 1 aromatic rings. The van der Waals surface area contributed by atoms with E-state index in [2.05, 4.69) is 20.7 Å². The van der Waals surface area contributed by atoms with Gasteiger partial charge < -0.3 is 0 Å². The number of hydrogen-bond donors (Lipinski definition) is 1. The fourth-order valence-corrected chi connectivity index (χ4v) is 4.49. The number of alkyl halides is 1. The molecule has 0 aliphatic heterocycles. The van der Waals surface area contributed by atoms with E-state index in [4.69, 9.17) is 0 Å². The summed E-state index contributed by atoms with van der Waals surface area (Å²) in [6, 6.07) is 7.04. The first-order valence-corrected chi connectivity index (χ1v) is 9.80. The maximum atomic E-state index is 12.4. The molecular formula is C15H22BrNO2S. The summed E-state index contributed by atoms with van der Waals surface area (Å²) in [5.74, 6) is 0.473. The van der Waals surface area contributed by atoms with Crippen molar-refractivity contribution in [1.29, 1.82) is 0 Å². The SMILES string of the molecule is C[C@H](NS(=O)(=O)c1ccc(CBr)cc1)C1CCCCC1. The molecule has 3 nitrogen and oxygen atoms in total. The highest BCUT2D eigenvalue weighted by Crippen LogP contribution is 2.27. The van der Waals surface area contributed by atoms with Gasteiger partial charge in [-0.2, -0.15) is 0 Å². The summed E-state index contributed by atoms with van der Waals surface area (Å²) in [7, 11) is -3.40. The third-order valence-electron chi connectivity index (χ3n) is 4.09. The van der Waals surface area contributed by atoms with E-state index in [0.29, 0.717) is 10.8 Å². The normalized spacial score (nSPS) is 18.9. The van der Waals surface area contributed by atoms with Crippen LogP contribution in [0.25, 0.3) is 0 Å². The Kier molecular flexibility index (Phi) is 5.64. The van der Waals surface area contributed by atoms with Crippen molar-refractivity contribution in [3.05, 3.63) is 29.8 Å². The van der Waals surface area contributed by atoms with E-state index in [1.165, 1.54) is 19.3 Å². The van der Waals surface area contributed by atoms with Gasteiger partial charge in [-0.1, -0.05) is 47.3 Å². The van der Waals surface area contributed by atoms with Gasteiger partial charge >= 0.3 is 0 Å². The molecule has 0 spiro atoms. The van der Waals surface area contributed by atoms with E-state index in [1.807, 2.05) is 19.1 Å². The summed E-state index contributed by atoms with van der Waals surface area (Å²) in [6.07, 6.45) is 5.98. The average molecular weight is 360 g/mol. The highest BCUT2D eigenvalue weighted by molar-refractivity contribution is 9.08. The summed E-state index contributed by atoms with van der Waals surface area (Å²) >= 11 is 3.36. The third kappa shape index (κ3) is 4.06. The Morgan fingerprint density at radius 2 is 1.80 bits per heavy atom. The zero-order chi connectivity index (χ0) is 14.6. The Hall–Kier alpha value is -0.390. The average Bonchev–Trinajstić information content (AvgIpc) is 2.48. The first-order valence-electron chi connectivity index (χ1n) is 7.20. The summed E-state index contributed by atoms with van der Waals surface area (Å²) < 4.78 is 27.6. The van der Waals surface area contributed by atoms with Crippen molar-refractivity contribution in [3.8, 4) is 0 Å². The van der Waals surface area contributed by atoms with Crippen molar-refractivity contribution >= 4 is 26.0 Å². The molecule has 0 aromatic heterocycles. The quantitative estimate of drug-likeness (QED) is 0.812. The second-order valence-corrected chi connectivity index (χ2v) is 7.86. The van der Waals surface area contributed by atoms with Gasteiger partial charge in [-0.05, 0) is 43.4 Å². The van der Waals surface area contributed by atoms with Gasteiger partial charge in [0.05, 0.1) is 4.90 Å².